The van der Waals surface area contributed by atoms with Gasteiger partial charge in [0.25, 0.3) is 5.69 Å². The lowest BCUT2D eigenvalue weighted by molar-refractivity contribution is -0.384. The normalized spacial score (nSPS) is 17.9. The number of ketones is 1. The summed E-state index contributed by atoms with van der Waals surface area (Å²) in [7, 11) is 0. The molecule has 7 nitrogen and oxygen atoms in total. The van der Waals surface area contributed by atoms with Gasteiger partial charge in [0.05, 0.1) is 16.9 Å². The maximum Gasteiger partial charge on any atom is 0.306 e. The Labute approximate surface area is 127 Å². The molecule has 0 radical (unpaired) electrons. The molecule has 22 heavy (non-hydrogen) atoms. The van der Waals surface area contributed by atoms with Gasteiger partial charge in [-0.1, -0.05) is 12.1 Å². The third-order valence-electron chi connectivity index (χ3n) is 4.15. The average Bonchev–Trinajstić information content (AvgIpc) is 2.53. The minimum atomic E-state index is -0.794. The van der Waals surface area contributed by atoms with Crippen LogP contribution in [0.4, 0.5) is 5.69 Å². The van der Waals surface area contributed by atoms with E-state index in [1.165, 1.54) is 18.2 Å². The predicted octanol–water partition coefficient (Wildman–Crippen LogP) is 1.96. The molecule has 1 unspecified atom stereocenters. The Morgan fingerprint density at radius 1 is 1.36 bits per heavy atom. The van der Waals surface area contributed by atoms with E-state index in [0.29, 0.717) is 31.5 Å². The molecule has 1 heterocycles. The number of likely N-dealkylation sites (tertiary alicyclic amines) is 1. The van der Waals surface area contributed by atoms with Gasteiger partial charge >= 0.3 is 5.97 Å². The molecule has 2 rings (SSSR count). The number of carboxylic acids is 1. The smallest absolute Gasteiger partial charge is 0.306 e. The fraction of sp³-hybridized carbons (Fsp3) is 0.467. The molecule has 1 saturated heterocycles. The number of benzene rings is 1. The van der Waals surface area contributed by atoms with Gasteiger partial charge in [-0.25, -0.2) is 0 Å². The lowest BCUT2D eigenvalue weighted by Gasteiger charge is -2.33. The van der Waals surface area contributed by atoms with Crippen LogP contribution in [0.2, 0.25) is 0 Å². The molecule has 1 atom stereocenters. The highest BCUT2D eigenvalue weighted by atomic mass is 16.6. The number of carboxylic acid groups (broad SMARTS) is 1. The van der Waals surface area contributed by atoms with Gasteiger partial charge in [0.15, 0.2) is 5.78 Å². The van der Waals surface area contributed by atoms with E-state index >= 15 is 0 Å². The fourth-order valence-corrected chi connectivity index (χ4v) is 2.71. The summed E-state index contributed by atoms with van der Waals surface area (Å²) in [5.41, 5.74) is 0.199. The van der Waals surface area contributed by atoms with Crippen LogP contribution in [0.5, 0.6) is 0 Å². The first-order valence-corrected chi connectivity index (χ1v) is 7.15. The van der Waals surface area contributed by atoms with E-state index in [2.05, 4.69) is 0 Å². The van der Waals surface area contributed by atoms with E-state index in [0.717, 1.165) is 0 Å². The molecular weight excluding hydrogens is 288 g/mol. The summed E-state index contributed by atoms with van der Waals surface area (Å²) < 4.78 is 0. The molecule has 1 aromatic carbocycles. The number of hydrogen-bond acceptors (Lipinski definition) is 5. The summed E-state index contributed by atoms with van der Waals surface area (Å²) in [6.45, 7) is 2.83. The van der Waals surface area contributed by atoms with Crippen molar-refractivity contribution in [2.24, 2.45) is 5.92 Å². The third kappa shape index (κ3) is 3.48. The van der Waals surface area contributed by atoms with Gasteiger partial charge in [-0.2, -0.15) is 0 Å². The van der Waals surface area contributed by atoms with Gasteiger partial charge in [0, 0.05) is 17.7 Å². The number of nitro benzene ring substituents is 1. The number of non-ortho nitro benzene ring substituents is 1. The van der Waals surface area contributed by atoms with Crippen molar-refractivity contribution >= 4 is 17.4 Å². The molecule has 0 aromatic heterocycles. The molecule has 0 amide bonds. The number of piperidine rings is 1. The van der Waals surface area contributed by atoms with Crippen LogP contribution in [0.3, 0.4) is 0 Å². The van der Waals surface area contributed by atoms with Crippen molar-refractivity contribution in [2.75, 3.05) is 13.1 Å². The van der Waals surface area contributed by atoms with Crippen LogP contribution >= 0.6 is 0 Å². The molecule has 7 heteroatoms. The Kier molecular flexibility index (Phi) is 4.87. The molecule has 0 bridgehead atoms. The second-order valence-corrected chi connectivity index (χ2v) is 5.50. The Bertz CT molecular complexity index is 593. The highest BCUT2D eigenvalue weighted by Gasteiger charge is 2.30. The molecule has 0 saturated carbocycles. The summed E-state index contributed by atoms with van der Waals surface area (Å²) in [5, 5.41) is 19.8. The minimum absolute atomic E-state index is 0.109. The predicted molar refractivity (Wildman–Crippen MR) is 78.8 cm³/mol. The van der Waals surface area contributed by atoms with Crippen LogP contribution in [-0.4, -0.2) is 45.8 Å². The number of nitro groups is 1. The molecule has 1 aliphatic rings. The molecule has 0 aliphatic carbocycles. The zero-order chi connectivity index (χ0) is 16.3. The quantitative estimate of drug-likeness (QED) is 0.507. The summed E-state index contributed by atoms with van der Waals surface area (Å²) in [6.07, 6.45) is 1.03. The highest BCUT2D eigenvalue weighted by Crippen LogP contribution is 2.22. The number of Topliss-reactive ketones (excluding diaryl/α,β-unsaturated/α-hetero) is 1. The van der Waals surface area contributed by atoms with Crippen molar-refractivity contribution < 1.29 is 19.6 Å². The lowest BCUT2D eigenvalue weighted by atomic mass is 9.94. The standard InChI is InChI=1S/C15H18N2O5/c1-10(16-7-5-11(6-8-16)15(19)20)14(18)12-3-2-4-13(9-12)17(21)22/h2-4,9-11H,5-8H2,1H3,(H,19,20). The maximum absolute atomic E-state index is 12.5. The SMILES string of the molecule is CC(C(=O)c1cccc([N+](=O)[O-])c1)N1CCC(C(=O)O)CC1. The zero-order valence-corrected chi connectivity index (χ0v) is 12.3. The van der Waals surface area contributed by atoms with Gasteiger partial charge in [0.1, 0.15) is 0 Å². The molecule has 118 valence electrons. The van der Waals surface area contributed by atoms with E-state index < -0.39 is 16.9 Å². The van der Waals surface area contributed by atoms with Crippen molar-refractivity contribution in [3.8, 4) is 0 Å². The number of hydrogen-bond donors (Lipinski definition) is 1. The Hall–Kier alpha value is -2.28. The largest absolute Gasteiger partial charge is 0.481 e. The van der Waals surface area contributed by atoms with Gasteiger partial charge in [-0.3, -0.25) is 24.6 Å². The number of rotatable bonds is 5. The first kappa shape index (κ1) is 16.1. The molecule has 1 N–H and O–H groups in total. The van der Waals surface area contributed by atoms with Crippen molar-refractivity contribution in [1.82, 2.24) is 4.90 Å². The molecule has 0 spiro atoms. The fourth-order valence-electron chi connectivity index (χ4n) is 2.71. The van der Waals surface area contributed by atoms with Crippen LogP contribution < -0.4 is 0 Å². The van der Waals surface area contributed by atoms with Crippen LogP contribution in [0, 0.1) is 16.0 Å². The third-order valence-corrected chi connectivity index (χ3v) is 4.15. The number of aliphatic carboxylic acids is 1. The molecule has 1 fully saturated rings. The van der Waals surface area contributed by atoms with Crippen LogP contribution in [0.25, 0.3) is 0 Å². The Morgan fingerprint density at radius 2 is 2.00 bits per heavy atom. The van der Waals surface area contributed by atoms with Crippen molar-refractivity contribution in [2.45, 2.75) is 25.8 Å². The summed E-state index contributed by atoms with van der Waals surface area (Å²) >= 11 is 0. The van der Waals surface area contributed by atoms with E-state index in [4.69, 9.17) is 5.11 Å². The van der Waals surface area contributed by atoms with E-state index in [9.17, 15) is 19.7 Å². The molecular formula is C15H18N2O5. The average molecular weight is 306 g/mol. The van der Waals surface area contributed by atoms with E-state index in [1.807, 2.05) is 4.90 Å². The molecule has 1 aliphatic heterocycles. The zero-order valence-electron chi connectivity index (χ0n) is 12.3. The highest BCUT2D eigenvalue weighted by molar-refractivity contribution is 6.00. The van der Waals surface area contributed by atoms with Crippen LogP contribution in [0.15, 0.2) is 24.3 Å². The lowest BCUT2D eigenvalue weighted by Crippen LogP contribution is -2.45. The monoisotopic (exact) mass is 306 g/mol. The van der Waals surface area contributed by atoms with Crippen molar-refractivity contribution in [1.29, 1.82) is 0 Å². The number of carbonyl (C=O) groups is 2. The van der Waals surface area contributed by atoms with Crippen molar-refractivity contribution in [3.05, 3.63) is 39.9 Å². The summed E-state index contributed by atoms with van der Waals surface area (Å²) in [5.74, 6) is -1.33. The van der Waals surface area contributed by atoms with E-state index in [-0.39, 0.29) is 17.4 Å². The molecule has 1 aromatic rings. The summed E-state index contributed by atoms with van der Waals surface area (Å²) in [4.78, 5) is 35.6. The summed E-state index contributed by atoms with van der Waals surface area (Å²) in [6, 6.07) is 5.27. The van der Waals surface area contributed by atoms with Crippen LogP contribution in [0.1, 0.15) is 30.1 Å². The van der Waals surface area contributed by atoms with Gasteiger partial charge in [-0.05, 0) is 32.9 Å². The number of carbonyl (C=O) groups excluding carboxylic acids is 1. The Balaban J connectivity index is 2.05. The van der Waals surface area contributed by atoms with E-state index in [1.54, 1.807) is 13.0 Å². The van der Waals surface area contributed by atoms with Gasteiger partial charge < -0.3 is 5.11 Å². The second-order valence-electron chi connectivity index (χ2n) is 5.50. The van der Waals surface area contributed by atoms with Gasteiger partial charge in [0.2, 0.25) is 0 Å². The topological polar surface area (TPSA) is 101 Å². The maximum atomic E-state index is 12.5. The van der Waals surface area contributed by atoms with Crippen LogP contribution in [-0.2, 0) is 4.79 Å². The minimum Gasteiger partial charge on any atom is -0.481 e. The van der Waals surface area contributed by atoms with Crippen molar-refractivity contribution in [3.63, 3.8) is 0 Å². The first-order chi connectivity index (χ1) is 10.4. The first-order valence-electron chi connectivity index (χ1n) is 7.15. The van der Waals surface area contributed by atoms with Gasteiger partial charge in [-0.15, -0.1) is 0 Å². The second kappa shape index (κ2) is 6.65. The number of nitrogens with zero attached hydrogens (tertiary/aromatic N) is 2. The Morgan fingerprint density at radius 3 is 2.55 bits per heavy atom.